The summed E-state index contributed by atoms with van der Waals surface area (Å²) < 4.78 is 41.2. The first-order valence-corrected chi connectivity index (χ1v) is 11.5. The number of carbonyl (C=O) groups is 1. The number of carbonyl (C=O) groups excluding carboxylic acids is 1. The van der Waals surface area contributed by atoms with Gasteiger partial charge in [-0.25, -0.2) is 0 Å². The highest BCUT2D eigenvalue weighted by atomic mass is 35.5. The average molecular weight is 503 g/mol. The Balaban J connectivity index is 1.64. The summed E-state index contributed by atoms with van der Waals surface area (Å²) in [4.78, 5) is 16.6. The minimum Gasteiger partial charge on any atom is -0.506 e. The van der Waals surface area contributed by atoms with Gasteiger partial charge in [0.1, 0.15) is 11.3 Å². The summed E-state index contributed by atoms with van der Waals surface area (Å²) in [6, 6.07) is 18.1. The molecule has 0 saturated carbocycles. The van der Waals surface area contributed by atoms with E-state index in [-0.39, 0.29) is 27.9 Å². The van der Waals surface area contributed by atoms with Gasteiger partial charge in [0.25, 0.3) is 5.91 Å². The number of benzene rings is 3. The highest BCUT2D eigenvalue weighted by Gasteiger charge is 2.34. The fourth-order valence-corrected chi connectivity index (χ4v) is 4.50. The standard InChI is InChI=1S/C25H18ClF3N2O2S/c26-17-8-6-15(7-9-17)12-31-24(33)19-13-30-21-11-20(25(27,28)29)22(10-18(21)23(19)32)34-14-16-4-2-1-3-5-16/h1-11,13H,12,14H2,(H,30,32)(H,31,33). The number of hydrogen-bond acceptors (Lipinski definition) is 4. The third-order valence-electron chi connectivity index (χ3n) is 5.09. The smallest absolute Gasteiger partial charge is 0.417 e. The summed E-state index contributed by atoms with van der Waals surface area (Å²) in [6.07, 6.45) is -3.52. The Morgan fingerprint density at radius 2 is 1.74 bits per heavy atom. The third kappa shape index (κ3) is 5.46. The Labute approximate surface area is 202 Å². The molecule has 0 aliphatic heterocycles. The maximum atomic E-state index is 13.7. The Bertz CT molecular complexity index is 1330. The molecule has 0 unspecified atom stereocenters. The van der Waals surface area contributed by atoms with E-state index < -0.39 is 23.4 Å². The minimum atomic E-state index is -4.60. The van der Waals surface area contributed by atoms with Crippen molar-refractivity contribution >= 4 is 40.2 Å². The Morgan fingerprint density at radius 3 is 2.41 bits per heavy atom. The highest BCUT2D eigenvalue weighted by Crippen LogP contribution is 2.41. The zero-order valence-electron chi connectivity index (χ0n) is 17.6. The maximum Gasteiger partial charge on any atom is 0.417 e. The van der Waals surface area contributed by atoms with Crippen LogP contribution >= 0.6 is 23.4 Å². The molecule has 4 nitrogen and oxygen atoms in total. The van der Waals surface area contributed by atoms with Gasteiger partial charge in [-0.2, -0.15) is 13.2 Å². The van der Waals surface area contributed by atoms with Gasteiger partial charge >= 0.3 is 6.18 Å². The van der Waals surface area contributed by atoms with E-state index in [4.69, 9.17) is 11.6 Å². The molecule has 4 rings (SSSR count). The van der Waals surface area contributed by atoms with Gasteiger partial charge in [-0.05, 0) is 35.4 Å². The lowest BCUT2D eigenvalue weighted by atomic mass is 10.1. The van der Waals surface area contributed by atoms with Gasteiger partial charge in [-0.15, -0.1) is 11.8 Å². The largest absolute Gasteiger partial charge is 0.506 e. The molecular weight excluding hydrogens is 485 g/mol. The molecule has 1 heterocycles. The van der Waals surface area contributed by atoms with Crippen molar-refractivity contribution in [1.29, 1.82) is 0 Å². The number of thioether (sulfide) groups is 1. The normalized spacial score (nSPS) is 11.5. The zero-order valence-corrected chi connectivity index (χ0v) is 19.1. The summed E-state index contributed by atoms with van der Waals surface area (Å²) >= 11 is 6.86. The van der Waals surface area contributed by atoms with Gasteiger partial charge in [0, 0.05) is 33.8 Å². The van der Waals surface area contributed by atoms with Crippen LogP contribution in [-0.4, -0.2) is 16.0 Å². The summed E-state index contributed by atoms with van der Waals surface area (Å²) in [5, 5.41) is 14.1. The van der Waals surface area contributed by atoms with Gasteiger partial charge in [0.2, 0.25) is 0 Å². The summed E-state index contributed by atoms with van der Waals surface area (Å²) in [6.45, 7) is 0.179. The Hall–Kier alpha value is -3.23. The Kier molecular flexibility index (Phi) is 7.00. The van der Waals surface area contributed by atoms with Crippen molar-refractivity contribution in [2.24, 2.45) is 0 Å². The molecule has 0 atom stereocenters. The second-order valence-corrected chi connectivity index (χ2v) is 8.92. The number of pyridine rings is 1. The van der Waals surface area contributed by atoms with Crippen molar-refractivity contribution < 1.29 is 23.1 Å². The monoisotopic (exact) mass is 502 g/mol. The van der Waals surface area contributed by atoms with Crippen LogP contribution in [0.1, 0.15) is 27.0 Å². The van der Waals surface area contributed by atoms with Crippen LogP contribution in [0.25, 0.3) is 10.9 Å². The first-order valence-electron chi connectivity index (χ1n) is 10.1. The number of hydrogen-bond donors (Lipinski definition) is 2. The average Bonchev–Trinajstić information content (AvgIpc) is 2.82. The topological polar surface area (TPSA) is 62.2 Å². The second kappa shape index (κ2) is 9.95. The molecular formula is C25H18ClF3N2O2S. The number of halogens is 4. The van der Waals surface area contributed by atoms with Gasteiger partial charge < -0.3 is 10.4 Å². The van der Waals surface area contributed by atoms with Crippen LogP contribution in [0, 0.1) is 0 Å². The highest BCUT2D eigenvalue weighted by molar-refractivity contribution is 7.98. The quantitative estimate of drug-likeness (QED) is 0.283. The molecule has 34 heavy (non-hydrogen) atoms. The molecule has 9 heteroatoms. The molecule has 0 fully saturated rings. The van der Waals surface area contributed by atoms with Crippen LogP contribution in [0.4, 0.5) is 13.2 Å². The number of nitrogens with one attached hydrogen (secondary N) is 1. The van der Waals surface area contributed by atoms with Crippen LogP contribution in [0.15, 0.2) is 77.8 Å². The molecule has 2 N–H and O–H groups in total. The molecule has 174 valence electrons. The molecule has 1 aromatic heterocycles. The van der Waals surface area contributed by atoms with Crippen LogP contribution < -0.4 is 5.32 Å². The van der Waals surface area contributed by atoms with E-state index in [0.717, 1.165) is 35.2 Å². The van der Waals surface area contributed by atoms with Crippen molar-refractivity contribution in [2.45, 2.75) is 23.4 Å². The number of aromatic nitrogens is 1. The predicted octanol–water partition coefficient (Wildman–Crippen LogP) is 6.83. The fourth-order valence-electron chi connectivity index (χ4n) is 3.33. The van der Waals surface area contributed by atoms with E-state index in [0.29, 0.717) is 10.8 Å². The molecule has 1 amide bonds. The summed E-state index contributed by atoms with van der Waals surface area (Å²) in [5.74, 6) is -0.709. The van der Waals surface area contributed by atoms with Crippen LogP contribution in [-0.2, 0) is 18.5 Å². The van der Waals surface area contributed by atoms with Crippen molar-refractivity contribution in [3.8, 4) is 5.75 Å². The van der Waals surface area contributed by atoms with Gasteiger partial charge in [-0.1, -0.05) is 54.1 Å². The minimum absolute atomic E-state index is 0.0527. The lowest BCUT2D eigenvalue weighted by Crippen LogP contribution is -2.23. The van der Waals surface area contributed by atoms with Crippen LogP contribution in [0.5, 0.6) is 5.75 Å². The zero-order chi connectivity index (χ0) is 24.3. The van der Waals surface area contributed by atoms with E-state index in [2.05, 4.69) is 10.3 Å². The van der Waals surface area contributed by atoms with E-state index in [1.165, 1.54) is 6.07 Å². The third-order valence-corrected chi connectivity index (χ3v) is 6.47. The van der Waals surface area contributed by atoms with E-state index >= 15 is 0 Å². The van der Waals surface area contributed by atoms with Gasteiger partial charge in [-0.3, -0.25) is 9.78 Å². The number of rotatable bonds is 6. The predicted molar refractivity (Wildman–Crippen MR) is 127 cm³/mol. The molecule has 0 aliphatic rings. The lowest BCUT2D eigenvalue weighted by Gasteiger charge is -2.15. The number of nitrogens with zero attached hydrogens (tertiary/aromatic N) is 1. The SMILES string of the molecule is O=C(NCc1ccc(Cl)cc1)c1cnc2cc(C(F)(F)F)c(SCc3ccccc3)cc2c1O. The molecule has 0 spiro atoms. The number of alkyl halides is 3. The van der Waals surface area contributed by atoms with Crippen molar-refractivity contribution in [2.75, 3.05) is 0 Å². The number of aromatic hydroxyl groups is 1. The summed E-state index contributed by atoms with van der Waals surface area (Å²) in [7, 11) is 0. The number of fused-ring (bicyclic) bond motifs is 1. The second-order valence-electron chi connectivity index (χ2n) is 7.47. The van der Waals surface area contributed by atoms with Crippen LogP contribution in [0.3, 0.4) is 0 Å². The molecule has 0 saturated heterocycles. The molecule has 0 bridgehead atoms. The van der Waals surface area contributed by atoms with Gasteiger partial charge in [0.15, 0.2) is 0 Å². The molecule has 3 aromatic carbocycles. The molecule has 0 aliphatic carbocycles. The van der Waals surface area contributed by atoms with E-state index in [1.54, 1.807) is 24.3 Å². The molecule has 0 radical (unpaired) electrons. The van der Waals surface area contributed by atoms with E-state index in [1.807, 2.05) is 30.3 Å². The Morgan fingerprint density at radius 1 is 1.03 bits per heavy atom. The first kappa shape index (κ1) is 23.9. The lowest BCUT2D eigenvalue weighted by molar-refractivity contribution is -0.139. The van der Waals surface area contributed by atoms with E-state index in [9.17, 15) is 23.1 Å². The summed E-state index contributed by atoms with van der Waals surface area (Å²) in [5.41, 5.74) is 0.634. The number of amides is 1. The fraction of sp³-hybridized carbons (Fsp3) is 0.120. The molecule has 4 aromatic rings. The first-order chi connectivity index (χ1) is 16.2. The van der Waals surface area contributed by atoms with Gasteiger partial charge in [0.05, 0.1) is 11.1 Å². The van der Waals surface area contributed by atoms with Crippen LogP contribution in [0.2, 0.25) is 5.02 Å². The van der Waals surface area contributed by atoms with Crippen molar-refractivity contribution in [3.05, 3.63) is 100 Å². The maximum absolute atomic E-state index is 13.7. The van der Waals surface area contributed by atoms with Crippen molar-refractivity contribution in [1.82, 2.24) is 10.3 Å². The van der Waals surface area contributed by atoms with Crippen molar-refractivity contribution in [3.63, 3.8) is 0 Å².